The van der Waals surface area contributed by atoms with Gasteiger partial charge < -0.3 is 14.7 Å². The monoisotopic (exact) mass is 223 g/mol. The lowest BCUT2D eigenvalue weighted by molar-refractivity contribution is 0.0743. The van der Waals surface area contributed by atoms with Crippen LogP contribution in [-0.4, -0.2) is 43.2 Å². The van der Waals surface area contributed by atoms with E-state index in [9.17, 15) is 9.90 Å². The summed E-state index contributed by atoms with van der Waals surface area (Å²) in [6.45, 7) is 2.76. The number of phenolic OH excluding ortho intramolecular Hbond substituents is 1. The van der Waals surface area contributed by atoms with Gasteiger partial charge in [0.2, 0.25) is 0 Å². The maximum atomic E-state index is 12.0. The Morgan fingerprint density at radius 3 is 2.81 bits per heavy atom. The van der Waals surface area contributed by atoms with Crippen LogP contribution in [0.2, 0.25) is 0 Å². The lowest BCUT2D eigenvalue weighted by atomic mass is 10.1. The minimum absolute atomic E-state index is 0.106. The smallest absolute Gasteiger partial charge is 0.254 e. The van der Waals surface area contributed by atoms with Gasteiger partial charge >= 0.3 is 0 Å². The number of aromatic hydroxyl groups is 1. The summed E-state index contributed by atoms with van der Waals surface area (Å²) in [5.74, 6) is 0.0384. The van der Waals surface area contributed by atoms with Crippen molar-refractivity contribution < 1.29 is 14.6 Å². The highest BCUT2D eigenvalue weighted by Crippen LogP contribution is 2.20. The number of amides is 1. The van der Waals surface area contributed by atoms with E-state index in [2.05, 4.69) is 0 Å². The minimum atomic E-state index is -0.106. The second-order valence-corrected chi connectivity index (χ2v) is 3.67. The zero-order valence-corrected chi connectivity index (χ0v) is 9.86. The zero-order chi connectivity index (χ0) is 12.1. The second kappa shape index (κ2) is 5.51. The molecule has 88 valence electrons. The number of phenols is 1. The van der Waals surface area contributed by atoms with Crippen LogP contribution >= 0.6 is 0 Å². The predicted octanol–water partition coefficient (Wildman–Crippen LogP) is 1.42. The van der Waals surface area contributed by atoms with Crippen LogP contribution in [0.3, 0.4) is 0 Å². The highest BCUT2D eigenvalue weighted by atomic mass is 16.5. The minimum Gasteiger partial charge on any atom is -0.508 e. The van der Waals surface area contributed by atoms with Gasteiger partial charge in [0, 0.05) is 31.8 Å². The summed E-state index contributed by atoms with van der Waals surface area (Å²) in [7, 11) is 3.31. The van der Waals surface area contributed by atoms with Gasteiger partial charge in [-0.25, -0.2) is 0 Å². The van der Waals surface area contributed by atoms with E-state index in [1.165, 1.54) is 0 Å². The lowest BCUT2D eigenvalue weighted by Crippen LogP contribution is -2.30. The Morgan fingerprint density at radius 2 is 2.19 bits per heavy atom. The molecule has 0 fully saturated rings. The van der Waals surface area contributed by atoms with Crippen LogP contribution in [0.25, 0.3) is 0 Å². The molecular weight excluding hydrogens is 206 g/mol. The summed E-state index contributed by atoms with van der Waals surface area (Å²) in [6, 6.07) is 4.95. The van der Waals surface area contributed by atoms with Crippen molar-refractivity contribution in [3.63, 3.8) is 0 Å². The van der Waals surface area contributed by atoms with Gasteiger partial charge in [-0.1, -0.05) is 6.07 Å². The van der Waals surface area contributed by atoms with E-state index in [1.807, 2.05) is 0 Å². The first kappa shape index (κ1) is 12.5. The Hall–Kier alpha value is -1.55. The molecule has 0 heterocycles. The van der Waals surface area contributed by atoms with Crippen molar-refractivity contribution in [1.29, 1.82) is 0 Å². The Morgan fingerprint density at radius 1 is 1.50 bits per heavy atom. The van der Waals surface area contributed by atoms with Crippen LogP contribution in [0.1, 0.15) is 15.9 Å². The van der Waals surface area contributed by atoms with Crippen LogP contribution in [0.5, 0.6) is 5.75 Å². The first-order valence-electron chi connectivity index (χ1n) is 5.11. The topological polar surface area (TPSA) is 49.8 Å². The molecule has 4 nitrogen and oxygen atoms in total. The zero-order valence-electron chi connectivity index (χ0n) is 9.86. The van der Waals surface area contributed by atoms with E-state index >= 15 is 0 Å². The van der Waals surface area contributed by atoms with Crippen molar-refractivity contribution in [3.8, 4) is 5.75 Å². The molecule has 0 atom stereocenters. The first-order valence-corrected chi connectivity index (χ1v) is 5.11. The molecular formula is C12H17NO3. The number of rotatable bonds is 4. The third kappa shape index (κ3) is 2.73. The van der Waals surface area contributed by atoms with Gasteiger partial charge in [0.15, 0.2) is 0 Å². The number of benzene rings is 1. The van der Waals surface area contributed by atoms with Gasteiger partial charge in [0.25, 0.3) is 5.91 Å². The number of carbonyl (C=O) groups excluding carboxylic acids is 1. The molecule has 0 saturated carbocycles. The van der Waals surface area contributed by atoms with Crippen LogP contribution in [0.4, 0.5) is 0 Å². The van der Waals surface area contributed by atoms with E-state index in [1.54, 1.807) is 44.2 Å². The number of hydrogen-bond acceptors (Lipinski definition) is 3. The number of likely N-dealkylation sites (N-methyl/N-ethyl adjacent to an activating group) is 1. The first-order chi connectivity index (χ1) is 7.57. The highest BCUT2D eigenvalue weighted by Gasteiger charge is 2.15. The summed E-state index contributed by atoms with van der Waals surface area (Å²) < 4.78 is 4.91. The quantitative estimate of drug-likeness (QED) is 0.839. The maximum absolute atomic E-state index is 12.0. The van der Waals surface area contributed by atoms with Gasteiger partial charge in [0.05, 0.1) is 6.61 Å². The van der Waals surface area contributed by atoms with Crippen molar-refractivity contribution >= 4 is 5.91 Å². The molecule has 0 bridgehead atoms. The molecule has 0 radical (unpaired) electrons. The van der Waals surface area contributed by atoms with Gasteiger partial charge in [-0.05, 0) is 19.1 Å². The van der Waals surface area contributed by atoms with Crippen molar-refractivity contribution in [2.24, 2.45) is 0 Å². The molecule has 16 heavy (non-hydrogen) atoms. The molecule has 0 aliphatic carbocycles. The molecule has 1 rings (SSSR count). The van der Waals surface area contributed by atoms with Gasteiger partial charge in [-0.2, -0.15) is 0 Å². The van der Waals surface area contributed by atoms with E-state index in [0.29, 0.717) is 24.3 Å². The van der Waals surface area contributed by atoms with E-state index in [0.717, 1.165) is 0 Å². The maximum Gasteiger partial charge on any atom is 0.254 e. The predicted molar refractivity (Wildman–Crippen MR) is 61.7 cm³/mol. The fourth-order valence-electron chi connectivity index (χ4n) is 1.39. The van der Waals surface area contributed by atoms with Crippen LogP contribution < -0.4 is 0 Å². The lowest BCUT2D eigenvalue weighted by Gasteiger charge is -2.18. The fraction of sp³-hybridized carbons (Fsp3) is 0.417. The summed E-state index contributed by atoms with van der Waals surface area (Å²) in [4.78, 5) is 13.6. The number of hydrogen-bond donors (Lipinski definition) is 1. The van der Waals surface area contributed by atoms with Crippen molar-refractivity contribution in [1.82, 2.24) is 4.90 Å². The van der Waals surface area contributed by atoms with Gasteiger partial charge in [0.1, 0.15) is 5.75 Å². The summed E-state index contributed by atoms with van der Waals surface area (Å²) in [5, 5.41) is 9.51. The molecule has 0 aliphatic heterocycles. The average Bonchev–Trinajstić information content (AvgIpc) is 2.28. The van der Waals surface area contributed by atoms with E-state index in [-0.39, 0.29) is 11.7 Å². The third-order valence-electron chi connectivity index (χ3n) is 2.51. The molecule has 1 aromatic rings. The molecule has 0 aliphatic rings. The normalized spacial score (nSPS) is 10.2. The Bertz CT molecular complexity index is 377. The van der Waals surface area contributed by atoms with Crippen LogP contribution in [-0.2, 0) is 4.74 Å². The standard InChI is InChI=1S/C12H17NO3/c1-9-10(5-4-6-11(9)14)12(15)13(2)7-8-16-3/h4-6,14H,7-8H2,1-3H3. The van der Waals surface area contributed by atoms with E-state index < -0.39 is 0 Å². The molecule has 1 aromatic carbocycles. The SMILES string of the molecule is COCCN(C)C(=O)c1cccc(O)c1C. The Kier molecular flexibility index (Phi) is 4.31. The van der Waals surface area contributed by atoms with E-state index in [4.69, 9.17) is 4.74 Å². The molecule has 0 aromatic heterocycles. The largest absolute Gasteiger partial charge is 0.508 e. The molecule has 1 N–H and O–H groups in total. The third-order valence-corrected chi connectivity index (χ3v) is 2.51. The van der Waals surface area contributed by atoms with Gasteiger partial charge in [-0.15, -0.1) is 0 Å². The number of methoxy groups -OCH3 is 1. The summed E-state index contributed by atoms with van der Waals surface area (Å²) >= 11 is 0. The Labute approximate surface area is 95.5 Å². The van der Waals surface area contributed by atoms with Gasteiger partial charge in [-0.3, -0.25) is 4.79 Å². The molecule has 0 saturated heterocycles. The van der Waals surface area contributed by atoms with Crippen molar-refractivity contribution in [3.05, 3.63) is 29.3 Å². The molecule has 0 spiro atoms. The highest BCUT2D eigenvalue weighted by molar-refractivity contribution is 5.96. The molecule has 0 unspecified atom stereocenters. The number of nitrogens with zero attached hydrogens (tertiary/aromatic N) is 1. The Balaban J connectivity index is 2.84. The number of ether oxygens (including phenoxy) is 1. The average molecular weight is 223 g/mol. The van der Waals surface area contributed by atoms with Crippen molar-refractivity contribution in [2.75, 3.05) is 27.3 Å². The van der Waals surface area contributed by atoms with Crippen LogP contribution in [0, 0.1) is 6.92 Å². The molecule has 4 heteroatoms. The summed E-state index contributed by atoms with van der Waals surface area (Å²) in [5.41, 5.74) is 1.13. The van der Waals surface area contributed by atoms with Crippen molar-refractivity contribution in [2.45, 2.75) is 6.92 Å². The fourth-order valence-corrected chi connectivity index (χ4v) is 1.39. The molecule has 1 amide bonds. The van der Waals surface area contributed by atoms with Crippen LogP contribution in [0.15, 0.2) is 18.2 Å². The second-order valence-electron chi connectivity index (χ2n) is 3.67. The number of carbonyl (C=O) groups is 1. The summed E-state index contributed by atoms with van der Waals surface area (Å²) in [6.07, 6.45) is 0.